The zero-order valence-electron chi connectivity index (χ0n) is 30.1. The van der Waals surface area contributed by atoms with E-state index in [1.807, 2.05) is 0 Å². The zero-order chi connectivity index (χ0) is 44.0. The summed E-state index contributed by atoms with van der Waals surface area (Å²) >= 11 is 0. The van der Waals surface area contributed by atoms with Crippen molar-refractivity contribution >= 4 is 47.6 Å². The Morgan fingerprint density at radius 3 is 1.52 bits per heavy atom. The first-order chi connectivity index (χ1) is 25.9. The third kappa shape index (κ3) is 32.4. The van der Waals surface area contributed by atoms with Gasteiger partial charge in [-0.25, -0.2) is 4.98 Å². The molecule has 1 aromatic carbocycles. The molecule has 2 heterocycles. The summed E-state index contributed by atoms with van der Waals surface area (Å²) in [7, 11) is 0. The summed E-state index contributed by atoms with van der Waals surface area (Å²) < 4.78 is 0. The van der Waals surface area contributed by atoms with Crippen LogP contribution in [0.5, 0.6) is 5.75 Å². The van der Waals surface area contributed by atoms with Gasteiger partial charge < -0.3 is 86.2 Å². The summed E-state index contributed by atoms with van der Waals surface area (Å²) in [5.41, 5.74) is 36.0. The van der Waals surface area contributed by atoms with Gasteiger partial charge in [-0.05, 0) is 49.9 Å². The maximum Gasteiger partial charge on any atom is 0.321 e. The molecule has 0 unspecified atom stereocenters. The molecule has 25 heteroatoms. The third-order valence-electron chi connectivity index (χ3n) is 6.30. The molecule has 0 radical (unpaired) electrons. The molecule has 23 N–H and O–H groups in total. The molecule has 2 amide bonds. The second-order valence-electron chi connectivity index (χ2n) is 11.2. The molecular weight excluding hydrogens is 752 g/mol. The number of carbonyl (C=O) groups is 8. The normalized spacial score (nSPS) is 14.3. The molecule has 1 fully saturated rings. The lowest BCUT2D eigenvalue weighted by molar-refractivity contribution is -0.140. The number of aliphatic carboxylic acids is 6. The van der Waals surface area contributed by atoms with Crippen LogP contribution in [0.15, 0.2) is 36.8 Å². The van der Waals surface area contributed by atoms with Crippen LogP contribution in [-0.4, -0.2) is 137 Å². The highest BCUT2D eigenvalue weighted by Crippen LogP contribution is 2.10. The van der Waals surface area contributed by atoms with Crippen LogP contribution in [0.1, 0.15) is 43.4 Å². The van der Waals surface area contributed by atoms with Crippen molar-refractivity contribution in [2.24, 2.45) is 40.1 Å². The lowest BCUT2D eigenvalue weighted by atomic mass is 10.1. The first kappa shape index (κ1) is 54.1. The molecule has 0 bridgehead atoms. The minimum Gasteiger partial charge on any atom is -0.508 e. The number of nitrogens with zero attached hydrogens (tertiary/aromatic N) is 1. The molecule has 0 aliphatic carbocycles. The van der Waals surface area contributed by atoms with E-state index in [0.29, 0.717) is 5.69 Å². The number of phenolic OH excluding ortho intramolecular Hbond substituents is 1. The molecule has 3 rings (SSSR count). The van der Waals surface area contributed by atoms with E-state index in [4.69, 9.17) is 64.4 Å². The Morgan fingerprint density at radius 1 is 0.732 bits per heavy atom. The number of amides is 2. The van der Waals surface area contributed by atoms with E-state index in [9.17, 15) is 38.4 Å². The lowest BCUT2D eigenvalue weighted by Crippen LogP contribution is -2.34. The minimum absolute atomic E-state index is 0.0213. The van der Waals surface area contributed by atoms with Crippen molar-refractivity contribution in [2.75, 3.05) is 13.1 Å². The fraction of sp³-hybridized carbons (Fsp3) is 0.452. The predicted octanol–water partition coefficient (Wildman–Crippen LogP) is -4.50. The Balaban J connectivity index is -0.000000614. The number of aromatic hydroxyl groups is 1. The number of carboxylic acid groups (broad SMARTS) is 6. The van der Waals surface area contributed by atoms with E-state index in [0.717, 1.165) is 24.9 Å². The molecule has 316 valence electrons. The van der Waals surface area contributed by atoms with Crippen LogP contribution in [0.4, 0.5) is 0 Å². The fourth-order valence-electron chi connectivity index (χ4n) is 3.31. The number of carboxylic acids is 6. The van der Waals surface area contributed by atoms with Crippen molar-refractivity contribution in [1.29, 1.82) is 0 Å². The van der Waals surface area contributed by atoms with Crippen LogP contribution in [0.25, 0.3) is 0 Å². The summed E-state index contributed by atoms with van der Waals surface area (Å²) in [5.74, 6) is -7.11. The largest absolute Gasteiger partial charge is 0.508 e. The average Bonchev–Trinajstić information content (AvgIpc) is 3.85. The lowest BCUT2D eigenvalue weighted by Gasteiger charge is -2.05. The van der Waals surface area contributed by atoms with Crippen LogP contribution in [0.2, 0.25) is 0 Å². The van der Waals surface area contributed by atoms with E-state index >= 15 is 0 Å². The molecule has 2 aromatic rings. The van der Waals surface area contributed by atoms with Gasteiger partial charge in [0.25, 0.3) is 0 Å². The first-order valence-electron chi connectivity index (χ1n) is 16.1. The van der Waals surface area contributed by atoms with Crippen molar-refractivity contribution < 1.29 is 74.1 Å². The Morgan fingerprint density at radius 2 is 1.21 bits per heavy atom. The van der Waals surface area contributed by atoms with Crippen molar-refractivity contribution in [2.45, 2.75) is 75.2 Å². The number of hydrogen-bond acceptors (Lipinski definition) is 16. The van der Waals surface area contributed by atoms with E-state index in [1.165, 1.54) is 18.5 Å². The smallest absolute Gasteiger partial charge is 0.321 e. The Kier molecular flexibility index (Phi) is 30.1. The number of imidazole rings is 1. The van der Waals surface area contributed by atoms with Crippen LogP contribution in [-0.2, 0) is 51.2 Å². The van der Waals surface area contributed by atoms with Crippen molar-refractivity contribution in [3.63, 3.8) is 0 Å². The standard InChI is InChI=1S/C9H11NO3.C6H9N3O2.C5H10N2O3.C5H9NO2.C4H8N2O3.C2H5NO2/c10-8(9(12)13)5-6-1-3-7(11)4-2-6;7-5(6(10)11)1-4-2-8-3-9-4;6-3(5(9)10)1-2-4(7)8;7-5(8)4-2-1-3-6-4;5-2(4(8)9)1-3(6)7;3-1-2(4)5/h1-4,8,11H,5,10H2,(H,12,13);2-3,5H,1,7H2,(H,8,9)(H,10,11);3H,1-2,6H2,(H2,7,8)(H,9,10);4,6H,1-3H2,(H,7,8);2H,1,5H2,(H2,6,7)(H,8,9);1,3H2,(H,4,5)/t8-;5-;3-;4-;2-;/m00000./s1. The van der Waals surface area contributed by atoms with Crippen LogP contribution < -0.4 is 45.5 Å². The number of primary amides is 2. The number of H-pyrrole nitrogens is 1. The summed E-state index contributed by atoms with van der Waals surface area (Å²) in [6.45, 7) is 0.580. The Bertz CT molecular complexity index is 1490. The van der Waals surface area contributed by atoms with Gasteiger partial charge in [0.1, 0.15) is 36.0 Å². The van der Waals surface area contributed by atoms with Crippen molar-refractivity contribution in [3.05, 3.63) is 48.0 Å². The highest BCUT2D eigenvalue weighted by molar-refractivity contribution is 5.83. The highest BCUT2D eigenvalue weighted by atomic mass is 16.4. The van der Waals surface area contributed by atoms with Gasteiger partial charge in [0, 0.05) is 19.0 Å². The SMILES string of the molecule is NC(=O)CC[C@H](N)C(=O)O.NC(=O)C[C@H](N)C(=O)O.NCC(=O)O.N[C@@H](Cc1c[nH]cn1)C(=O)O.N[C@@H](Cc1ccc(O)cc1)C(=O)O.O=C(O)[C@@H]1CCCN1. The topological polar surface area (TPSA) is 501 Å². The minimum atomic E-state index is -1.21. The van der Waals surface area contributed by atoms with Crippen molar-refractivity contribution in [3.8, 4) is 5.75 Å². The molecule has 0 saturated carbocycles. The van der Waals surface area contributed by atoms with Gasteiger partial charge in [0.15, 0.2) is 0 Å². The number of nitrogens with one attached hydrogen (secondary N) is 2. The van der Waals surface area contributed by atoms with Gasteiger partial charge in [-0.2, -0.15) is 0 Å². The predicted molar refractivity (Wildman–Crippen MR) is 194 cm³/mol. The number of hydrogen-bond donors (Lipinski definition) is 16. The number of aromatic amines is 1. The molecule has 25 nitrogen and oxygen atoms in total. The van der Waals surface area contributed by atoms with E-state index < -0.39 is 71.8 Å². The summed E-state index contributed by atoms with van der Waals surface area (Å²) in [6.07, 6.45) is 5.25. The fourth-order valence-corrected chi connectivity index (χ4v) is 3.31. The summed E-state index contributed by atoms with van der Waals surface area (Å²) in [4.78, 5) is 86.6. The Hall–Kier alpha value is -6.25. The van der Waals surface area contributed by atoms with Crippen LogP contribution in [0, 0.1) is 0 Å². The highest BCUT2D eigenvalue weighted by Gasteiger charge is 2.20. The number of carbonyl (C=O) groups excluding carboxylic acids is 2. The van der Waals surface area contributed by atoms with E-state index in [2.05, 4.69) is 26.8 Å². The summed E-state index contributed by atoms with van der Waals surface area (Å²) in [6, 6.07) is 2.15. The molecule has 1 aromatic heterocycles. The van der Waals surface area contributed by atoms with Crippen LogP contribution in [0.3, 0.4) is 0 Å². The van der Waals surface area contributed by atoms with Crippen molar-refractivity contribution in [1.82, 2.24) is 15.3 Å². The molecule has 56 heavy (non-hydrogen) atoms. The Labute approximate surface area is 319 Å². The molecule has 0 spiro atoms. The van der Waals surface area contributed by atoms with E-state index in [1.54, 1.807) is 18.3 Å². The summed E-state index contributed by atoms with van der Waals surface area (Å²) in [5, 5.41) is 61.0. The maximum absolute atomic E-state index is 10.4. The van der Waals surface area contributed by atoms with Gasteiger partial charge in [0.05, 0.1) is 25.0 Å². The van der Waals surface area contributed by atoms with Gasteiger partial charge in [0.2, 0.25) is 11.8 Å². The molecular formula is C31H52N10O15. The molecule has 1 aliphatic rings. The number of rotatable bonds is 15. The number of nitrogens with two attached hydrogens (primary N) is 7. The van der Waals surface area contributed by atoms with Gasteiger partial charge in [-0.15, -0.1) is 0 Å². The average molecular weight is 805 g/mol. The first-order valence-corrected chi connectivity index (χ1v) is 16.1. The van der Waals surface area contributed by atoms with Gasteiger partial charge >= 0.3 is 35.8 Å². The zero-order valence-corrected chi connectivity index (χ0v) is 30.1. The second kappa shape index (κ2) is 31.1. The second-order valence-corrected chi connectivity index (χ2v) is 11.2. The molecule has 1 aliphatic heterocycles. The quantitative estimate of drug-likeness (QED) is 0.0806. The number of aromatic nitrogens is 2. The molecule has 1 saturated heterocycles. The van der Waals surface area contributed by atoms with Gasteiger partial charge in [-0.1, -0.05) is 12.1 Å². The number of phenols is 1. The van der Waals surface area contributed by atoms with E-state index in [-0.39, 0.29) is 50.4 Å². The third-order valence-corrected chi connectivity index (χ3v) is 6.30. The van der Waals surface area contributed by atoms with Gasteiger partial charge in [-0.3, -0.25) is 38.4 Å². The monoisotopic (exact) mass is 804 g/mol. The number of benzene rings is 1. The van der Waals surface area contributed by atoms with Crippen LogP contribution >= 0.6 is 0 Å². The molecule has 5 atom stereocenters. The maximum atomic E-state index is 10.4.